The van der Waals surface area contributed by atoms with Crippen LogP contribution in [-0.4, -0.2) is 81.3 Å². The van der Waals surface area contributed by atoms with Crippen molar-refractivity contribution in [2.75, 3.05) is 0 Å². The van der Waals surface area contributed by atoms with Gasteiger partial charge in [-0.3, -0.25) is 0 Å². The Morgan fingerprint density at radius 1 is 0.711 bits per heavy atom. The Bertz CT molecular complexity index is 833. The predicted octanol–water partition coefficient (Wildman–Crippen LogP) is 6.83. The van der Waals surface area contributed by atoms with E-state index in [4.69, 9.17) is 14.2 Å². The number of unbranched alkanes of at least 4 members (excludes halogenated alkanes) is 11. The molecule has 0 aromatic rings. The fraction of sp³-hybridized carbons (Fsp3) is 0.919. The average molecular weight is 639 g/mol. The lowest BCUT2D eigenvalue weighted by molar-refractivity contribution is -0.139. The number of hydrogen-bond acceptors (Lipinski definition) is 8. The molecule has 0 spiro atoms. The van der Waals surface area contributed by atoms with E-state index in [0.29, 0.717) is 37.7 Å². The molecule has 9 atom stereocenters. The smallest absolute Gasteiger partial charge is 0.334 e. The van der Waals surface area contributed by atoms with E-state index in [0.717, 1.165) is 77.0 Å². The topological polar surface area (TPSA) is 126 Å². The van der Waals surface area contributed by atoms with E-state index < -0.39 is 24.4 Å². The summed E-state index contributed by atoms with van der Waals surface area (Å²) in [4.78, 5) is 11.7. The van der Waals surface area contributed by atoms with Gasteiger partial charge in [0.15, 0.2) is 0 Å². The molecule has 3 aliphatic heterocycles. The zero-order valence-electron chi connectivity index (χ0n) is 28.5. The molecular weight excluding hydrogens is 572 g/mol. The number of rotatable bonds is 25. The first-order chi connectivity index (χ1) is 21.8. The Labute approximate surface area is 273 Å². The molecule has 0 aromatic carbocycles. The third kappa shape index (κ3) is 14.7. The molecule has 2 saturated heterocycles. The number of esters is 1. The highest BCUT2D eigenvalue weighted by Gasteiger charge is 2.39. The number of hydrogen-bond donors (Lipinski definition) is 4. The van der Waals surface area contributed by atoms with Crippen LogP contribution in [0.5, 0.6) is 0 Å². The predicted molar refractivity (Wildman–Crippen MR) is 177 cm³/mol. The summed E-state index contributed by atoms with van der Waals surface area (Å²) in [7, 11) is 0. The van der Waals surface area contributed by atoms with Crippen molar-refractivity contribution in [1.29, 1.82) is 0 Å². The summed E-state index contributed by atoms with van der Waals surface area (Å²) in [6.45, 7) is 4.06. The van der Waals surface area contributed by atoms with Gasteiger partial charge in [-0.2, -0.15) is 0 Å². The van der Waals surface area contributed by atoms with Crippen LogP contribution in [0.15, 0.2) is 11.6 Å². The second-order valence-electron chi connectivity index (χ2n) is 14.2. The molecule has 45 heavy (non-hydrogen) atoms. The van der Waals surface area contributed by atoms with Crippen molar-refractivity contribution in [1.82, 2.24) is 0 Å². The van der Waals surface area contributed by atoms with E-state index in [2.05, 4.69) is 6.92 Å². The molecular formula is C37H66O8. The van der Waals surface area contributed by atoms with Gasteiger partial charge in [-0.25, -0.2) is 4.79 Å². The molecule has 0 amide bonds. The Morgan fingerprint density at radius 3 is 2.00 bits per heavy atom. The van der Waals surface area contributed by atoms with Crippen molar-refractivity contribution in [3.63, 3.8) is 0 Å². The maximum atomic E-state index is 11.7. The van der Waals surface area contributed by atoms with Crippen LogP contribution in [0.3, 0.4) is 0 Å². The maximum absolute atomic E-state index is 11.7. The molecule has 0 bridgehead atoms. The third-order valence-corrected chi connectivity index (χ3v) is 10.1. The lowest BCUT2D eigenvalue weighted by atomic mass is 9.97. The highest BCUT2D eigenvalue weighted by atomic mass is 16.6. The van der Waals surface area contributed by atoms with Crippen molar-refractivity contribution < 1.29 is 39.4 Å². The van der Waals surface area contributed by atoms with Crippen molar-refractivity contribution in [3.8, 4) is 0 Å². The Kier molecular flexibility index (Phi) is 18.6. The van der Waals surface area contributed by atoms with Crippen molar-refractivity contribution in [2.24, 2.45) is 0 Å². The summed E-state index contributed by atoms with van der Waals surface area (Å²) in [5.74, 6) is -0.290. The summed E-state index contributed by atoms with van der Waals surface area (Å²) in [5, 5.41) is 41.8. The molecule has 0 radical (unpaired) electrons. The Morgan fingerprint density at radius 2 is 1.31 bits per heavy atom. The molecule has 4 N–H and O–H groups in total. The van der Waals surface area contributed by atoms with E-state index in [-0.39, 0.29) is 36.5 Å². The lowest BCUT2D eigenvalue weighted by Gasteiger charge is -2.24. The average Bonchev–Trinajstić information content (AvgIpc) is 3.76. The van der Waals surface area contributed by atoms with Gasteiger partial charge in [0, 0.05) is 12.0 Å². The molecule has 0 saturated carbocycles. The van der Waals surface area contributed by atoms with Gasteiger partial charge in [-0.1, -0.05) is 90.4 Å². The zero-order chi connectivity index (χ0) is 32.4. The minimum atomic E-state index is -0.794. The molecule has 3 heterocycles. The summed E-state index contributed by atoms with van der Waals surface area (Å²) < 4.78 is 17.7. The first-order valence-electron chi connectivity index (χ1n) is 18.7. The number of aliphatic hydroxyl groups is 4. The monoisotopic (exact) mass is 638 g/mol. The summed E-state index contributed by atoms with van der Waals surface area (Å²) in [5.41, 5.74) is 0.606. The van der Waals surface area contributed by atoms with E-state index >= 15 is 0 Å². The van der Waals surface area contributed by atoms with Crippen LogP contribution in [0.4, 0.5) is 0 Å². The SMILES string of the molecule is CCCCCCCCCC[C@@H](O)[C@H](O)CC[C@@H](O)[C@H]1CC[C@@H]([C@@H]2CC[C@@H](CCCCCCC[C@@H](O)CC3=C[C@H](C)OC3=O)O2)O1. The molecule has 2 fully saturated rings. The number of carbonyl (C=O) groups excluding carboxylic acids is 1. The van der Waals surface area contributed by atoms with Gasteiger partial charge in [-0.05, 0) is 70.8 Å². The van der Waals surface area contributed by atoms with Crippen LogP contribution in [0.1, 0.15) is 162 Å². The summed E-state index contributed by atoms with van der Waals surface area (Å²) >= 11 is 0. The van der Waals surface area contributed by atoms with Gasteiger partial charge >= 0.3 is 5.97 Å². The van der Waals surface area contributed by atoms with Crippen LogP contribution >= 0.6 is 0 Å². The second kappa shape index (κ2) is 21.8. The molecule has 3 aliphatic rings. The van der Waals surface area contributed by atoms with Gasteiger partial charge < -0.3 is 34.6 Å². The largest absolute Gasteiger partial charge is 0.455 e. The third-order valence-electron chi connectivity index (χ3n) is 10.1. The van der Waals surface area contributed by atoms with Gasteiger partial charge in [0.2, 0.25) is 0 Å². The molecule has 262 valence electrons. The van der Waals surface area contributed by atoms with E-state index in [1.807, 2.05) is 13.0 Å². The lowest BCUT2D eigenvalue weighted by Crippen LogP contribution is -2.33. The molecule has 8 nitrogen and oxygen atoms in total. The van der Waals surface area contributed by atoms with Crippen LogP contribution in [0, 0.1) is 0 Å². The van der Waals surface area contributed by atoms with Crippen LogP contribution in [-0.2, 0) is 19.0 Å². The first-order valence-corrected chi connectivity index (χ1v) is 18.7. The van der Waals surface area contributed by atoms with E-state index in [1.54, 1.807) is 0 Å². The van der Waals surface area contributed by atoms with Crippen LogP contribution in [0.2, 0.25) is 0 Å². The highest BCUT2D eigenvalue weighted by molar-refractivity contribution is 5.90. The van der Waals surface area contributed by atoms with E-state index in [9.17, 15) is 25.2 Å². The normalized spacial score (nSPS) is 27.8. The highest BCUT2D eigenvalue weighted by Crippen LogP contribution is 2.34. The van der Waals surface area contributed by atoms with Gasteiger partial charge in [0.1, 0.15) is 6.10 Å². The zero-order valence-corrected chi connectivity index (χ0v) is 28.5. The maximum Gasteiger partial charge on any atom is 0.334 e. The molecule has 0 unspecified atom stereocenters. The molecule has 8 heteroatoms. The summed E-state index contributed by atoms with van der Waals surface area (Å²) in [6.07, 6.45) is 21.8. The van der Waals surface area contributed by atoms with Crippen LogP contribution in [0.25, 0.3) is 0 Å². The van der Waals surface area contributed by atoms with E-state index in [1.165, 1.54) is 38.5 Å². The van der Waals surface area contributed by atoms with Crippen molar-refractivity contribution >= 4 is 5.97 Å². The second-order valence-corrected chi connectivity index (χ2v) is 14.2. The number of cyclic esters (lactones) is 1. The Hall–Kier alpha value is -1.03. The van der Waals surface area contributed by atoms with Gasteiger partial charge in [0.25, 0.3) is 0 Å². The first kappa shape index (κ1) is 38.4. The van der Waals surface area contributed by atoms with Crippen molar-refractivity contribution in [2.45, 2.75) is 216 Å². The fourth-order valence-corrected chi connectivity index (χ4v) is 7.28. The molecule has 3 rings (SSSR count). The number of aliphatic hydroxyl groups excluding tert-OH is 4. The Balaban J connectivity index is 1.17. The van der Waals surface area contributed by atoms with Gasteiger partial charge in [0.05, 0.1) is 48.8 Å². The number of carbonyl (C=O) groups is 1. The molecule has 0 aliphatic carbocycles. The fourth-order valence-electron chi connectivity index (χ4n) is 7.28. The van der Waals surface area contributed by atoms with Gasteiger partial charge in [-0.15, -0.1) is 0 Å². The quantitative estimate of drug-likeness (QED) is 0.0634. The number of ether oxygens (including phenoxy) is 3. The molecule has 0 aromatic heterocycles. The van der Waals surface area contributed by atoms with Crippen LogP contribution < -0.4 is 0 Å². The minimum absolute atomic E-state index is 0.0311. The standard InChI is InChI=1S/C37H66O8/c1-3-4-5-6-7-8-12-15-18-31(39)32(40)20-21-33(41)34-23-24-36(45-34)35-22-19-30(44-35)17-14-11-9-10-13-16-29(38)26-28-25-27(2)43-37(28)42/h25,27,29-36,38-41H,3-24,26H2,1-2H3/t27-,29+,30+,31+,32+,33+,34+,35-,36-/m0/s1. The summed E-state index contributed by atoms with van der Waals surface area (Å²) in [6, 6.07) is 0. The van der Waals surface area contributed by atoms with Crippen molar-refractivity contribution in [3.05, 3.63) is 11.6 Å². The minimum Gasteiger partial charge on any atom is -0.455 e.